The average Bonchev–Trinajstić information content (AvgIpc) is 3.33. The number of hydrogen-bond acceptors (Lipinski definition) is 3. The van der Waals surface area contributed by atoms with Gasteiger partial charge in [0.05, 0.1) is 10.9 Å². The Hall–Kier alpha value is -3.57. The van der Waals surface area contributed by atoms with Crippen LogP contribution in [0.4, 0.5) is 4.79 Å². The molecule has 4 aromatic rings. The summed E-state index contributed by atoms with van der Waals surface area (Å²) >= 11 is 0.939. The molecule has 0 aliphatic carbocycles. The van der Waals surface area contributed by atoms with Crippen LogP contribution in [0.1, 0.15) is 22.7 Å². The number of aromatic nitrogens is 1. The van der Waals surface area contributed by atoms with Gasteiger partial charge in [-0.25, -0.2) is 0 Å². The van der Waals surface area contributed by atoms with Gasteiger partial charge in [0.25, 0.3) is 11.1 Å². The van der Waals surface area contributed by atoms with Crippen molar-refractivity contribution in [2.24, 2.45) is 0 Å². The quantitative estimate of drug-likeness (QED) is 0.445. The van der Waals surface area contributed by atoms with Gasteiger partial charge in [-0.05, 0) is 46.7 Å². The molecule has 2 amide bonds. The number of nitrogens with one attached hydrogen (secondary N) is 1. The molecule has 1 saturated heterocycles. The Morgan fingerprint density at radius 2 is 1.47 bits per heavy atom. The SMILES string of the molecule is O=C1NC(=O)/C(=C/c2cccc3c2ccn3C(c2ccccc2)c2ccccc2)S1. The van der Waals surface area contributed by atoms with Gasteiger partial charge in [0.15, 0.2) is 0 Å². The lowest BCUT2D eigenvalue weighted by Crippen LogP contribution is -2.17. The highest BCUT2D eigenvalue weighted by Gasteiger charge is 2.25. The maximum atomic E-state index is 12.0. The van der Waals surface area contributed by atoms with Crippen molar-refractivity contribution >= 4 is 39.9 Å². The third-order valence-corrected chi connectivity index (χ3v) is 6.04. The molecule has 5 heteroatoms. The molecule has 1 N–H and O–H groups in total. The highest BCUT2D eigenvalue weighted by molar-refractivity contribution is 8.18. The van der Waals surface area contributed by atoms with Crippen LogP contribution in [-0.4, -0.2) is 15.7 Å². The van der Waals surface area contributed by atoms with Crippen molar-refractivity contribution in [2.75, 3.05) is 0 Å². The van der Waals surface area contributed by atoms with Gasteiger partial charge in [0.2, 0.25) is 0 Å². The number of imide groups is 1. The summed E-state index contributed by atoms with van der Waals surface area (Å²) in [7, 11) is 0. The van der Waals surface area contributed by atoms with Crippen molar-refractivity contribution in [1.82, 2.24) is 9.88 Å². The van der Waals surface area contributed by atoms with E-state index in [1.807, 2.05) is 24.3 Å². The lowest BCUT2D eigenvalue weighted by Gasteiger charge is -2.21. The van der Waals surface area contributed by atoms with Gasteiger partial charge in [-0.1, -0.05) is 72.8 Å². The molecular weight excluding hydrogens is 392 g/mol. The summed E-state index contributed by atoms with van der Waals surface area (Å²) in [4.78, 5) is 23.9. The molecule has 0 bridgehead atoms. The van der Waals surface area contributed by atoms with E-state index >= 15 is 0 Å². The van der Waals surface area contributed by atoms with Crippen LogP contribution in [0.15, 0.2) is 96.0 Å². The van der Waals surface area contributed by atoms with E-state index in [2.05, 4.69) is 76.7 Å². The maximum Gasteiger partial charge on any atom is 0.290 e. The van der Waals surface area contributed by atoms with E-state index in [0.29, 0.717) is 4.91 Å². The van der Waals surface area contributed by atoms with Crippen LogP contribution in [0.25, 0.3) is 17.0 Å². The molecule has 30 heavy (non-hydrogen) atoms. The third kappa shape index (κ3) is 3.33. The average molecular weight is 410 g/mol. The monoisotopic (exact) mass is 410 g/mol. The lowest BCUT2D eigenvalue weighted by molar-refractivity contribution is -0.115. The summed E-state index contributed by atoms with van der Waals surface area (Å²) in [6.07, 6.45) is 3.88. The van der Waals surface area contributed by atoms with Crippen molar-refractivity contribution in [1.29, 1.82) is 0 Å². The molecule has 0 spiro atoms. The highest BCUT2D eigenvalue weighted by atomic mass is 32.2. The Kier molecular flexibility index (Phi) is 4.73. The minimum atomic E-state index is -0.340. The summed E-state index contributed by atoms with van der Waals surface area (Å²) in [5, 5.41) is 3.02. The molecular formula is C25H18N2O2S. The number of fused-ring (bicyclic) bond motifs is 1. The minimum Gasteiger partial charge on any atom is -0.336 e. The van der Waals surface area contributed by atoms with E-state index in [9.17, 15) is 9.59 Å². The molecule has 0 saturated carbocycles. The molecule has 2 heterocycles. The second-order valence-corrected chi connectivity index (χ2v) is 8.09. The van der Waals surface area contributed by atoms with E-state index in [1.165, 1.54) is 11.1 Å². The fourth-order valence-electron chi connectivity index (χ4n) is 3.91. The number of hydrogen-bond donors (Lipinski definition) is 1. The predicted octanol–water partition coefficient (Wildman–Crippen LogP) is 5.60. The first-order valence-corrected chi connectivity index (χ1v) is 10.5. The fraction of sp³-hybridized carbons (Fsp3) is 0.0400. The van der Waals surface area contributed by atoms with Crippen LogP contribution < -0.4 is 5.32 Å². The van der Waals surface area contributed by atoms with Gasteiger partial charge in [-0.2, -0.15) is 0 Å². The Balaban J connectivity index is 1.66. The summed E-state index contributed by atoms with van der Waals surface area (Å²) in [5.74, 6) is -0.340. The molecule has 4 nitrogen and oxygen atoms in total. The molecule has 5 rings (SSSR count). The number of carbonyl (C=O) groups is 2. The summed E-state index contributed by atoms with van der Waals surface area (Å²) in [6.45, 7) is 0. The van der Waals surface area contributed by atoms with E-state index in [4.69, 9.17) is 0 Å². The largest absolute Gasteiger partial charge is 0.336 e. The summed E-state index contributed by atoms with van der Waals surface area (Å²) in [6, 6.07) is 29.0. The van der Waals surface area contributed by atoms with Gasteiger partial charge < -0.3 is 4.57 Å². The molecule has 3 aromatic carbocycles. The number of thioether (sulfide) groups is 1. The maximum absolute atomic E-state index is 12.0. The van der Waals surface area contributed by atoms with Crippen LogP contribution in [0.5, 0.6) is 0 Å². The van der Waals surface area contributed by atoms with Gasteiger partial charge in [0, 0.05) is 17.1 Å². The first kappa shape index (κ1) is 18.5. The first-order chi connectivity index (χ1) is 14.7. The van der Waals surface area contributed by atoms with Crippen LogP contribution in [0, 0.1) is 0 Å². The van der Waals surface area contributed by atoms with Gasteiger partial charge >= 0.3 is 0 Å². The highest BCUT2D eigenvalue weighted by Crippen LogP contribution is 2.33. The smallest absolute Gasteiger partial charge is 0.290 e. The minimum absolute atomic E-state index is 0.0264. The molecule has 0 radical (unpaired) electrons. The van der Waals surface area contributed by atoms with Crippen LogP contribution in [0.2, 0.25) is 0 Å². The Morgan fingerprint density at radius 3 is 2.07 bits per heavy atom. The van der Waals surface area contributed by atoms with Crippen LogP contribution in [-0.2, 0) is 4.79 Å². The Labute approximate surface area is 178 Å². The van der Waals surface area contributed by atoms with Crippen molar-refractivity contribution in [3.63, 3.8) is 0 Å². The van der Waals surface area contributed by atoms with Crippen molar-refractivity contribution in [2.45, 2.75) is 6.04 Å². The lowest BCUT2D eigenvalue weighted by atomic mass is 9.98. The zero-order valence-corrected chi connectivity index (χ0v) is 16.8. The van der Waals surface area contributed by atoms with E-state index in [-0.39, 0.29) is 17.2 Å². The van der Waals surface area contributed by atoms with Gasteiger partial charge in [-0.3, -0.25) is 14.9 Å². The Morgan fingerprint density at radius 1 is 0.800 bits per heavy atom. The number of amides is 2. The molecule has 1 fully saturated rings. The summed E-state index contributed by atoms with van der Waals surface area (Å²) < 4.78 is 2.26. The second-order valence-electron chi connectivity index (χ2n) is 7.08. The van der Waals surface area contributed by atoms with Gasteiger partial charge in [-0.15, -0.1) is 0 Å². The molecule has 1 aliphatic rings. The zero-order chi connectivity index (χ0) is 20.5. The predicted molar refractivity (Wildman–Crippen MR) is 121 cm³/mol. The number of nitrogens with zero attached hydrogens (tertiary/aromatic N) is 1. The molecule has 1 aliphatic heterocycles. The molecule has 0 atom stereocenters. The molecule has 0 unspecified atom stereocenters. The first-order valence-electron chi connectivity index (χ1n) is 9.65. The fourth-order valence-corrected chi connectivity index (χ4v) is 4.58. The second kappa shape index (κ2) is 7.69. The van der Waals surface area contributed by atoms with Crippen LogP contribution >= 0.6 is 11.8 Å². The van der Waals surface area contributed by atoms with E-state index in [0.717, 1.165) is 28.2 Å². The van der Waals surface area contributed by atoms with Crippen molar-refractivity contribution in [3.05, 3.63) is 113 Å². The molecule has 1 aromatic heterocycles. The topological polar surface area (TPSA) is 51.1 Å². The molecule has 146 valence electrons. The number of carbonyl (C=O) groups excluding carboxylic acids is 2. The van der Waals surface area contributed by atoms with Crippen LogP contribution in [0.3, 0.4) is 0 Å². The van der Waals surface area contributed by atoms with Crippen molar-refractivity contribution in [3.8, 4) is 0 Å². The third-order valence-electron chi connectivity index (χ3n) is 5.23. The van der Waals surface area contributed by atoms with E-state index in [1.54, 1.807) is 6.08 Å². The zero-order valence-electron chi connectivity index (χ0n) is 16.0. The normalized spacial score (nSPS) is 15.3. The Bertz CT molecular complexity index is 1240. The number of rotatable bonds is 4. The van der Waals surface area contributed by atoms with Gasteiger partial charge in [0.1, 0.15) is 0 Å². The summed E-state index contributed by atoms with van der Waals surface area (Å²) in [5.41, 5.74) is 4.37. The standard InChI is InChI=1S/C25H18N2O2S/c28-24-22(30-25(29)26-24)16-19-12-7-13-21-20(19)14-15-27(21)23(17-8-3-1-4-9-17)18-10-5-2-6-11-18/h1-16,23H,(H,26,28,29)/b22-16-. The van der Waals surface area contributed by atoms with Crippen molar-refractivity contribution < 1.29 is 9.59 Å². The van der Waals surface area contributed by atoms with E-state index < -0.39 is 0 Å². The number of benzene rings is 3.